The highest BCUT2D eigenvalue weighted by Crippen LogP contribution is 2.29. The van der Waals surface area contributed by atoms with Gasteiger partial charge in [-0.15, -0.1) is 0 Å². The van der Waals surface area contributed by atoms with Crippen LogP contribution in [0.3, 0.4) is 0 Å². The molecule has 1 heterocycles. The van der Waals surface area contributed by atoms with Crippen LogP contribution in [0, 0.1) is 12.7 Å². The van der Waals surface area contributed by atoms with Crippen molar-refractivity contribution in [2.45, 2.75) is 13.0 Å². The summed E-state index contributed by atoms with van der Waals surface area (Å²) < 4.78 is 19.4. The minimum Gasteiger partial charge on any atom is -0.371 e. The maximum Gasteiger partial charge on any atom is 0.137 e. The van der Waals surface area contributed by atoms with E-state index in [1.54, 1.807) is 6.07 Å². The van der Waals surface area contributed by atoms with Crippen LogP contribution in [0.25, 0.3) is 0 Å². The fourth-order valence-corrected chi connectivity index (χ4v) is 2.14. The van der Waals surface area contributed by atoms with Crippen molar-refractivity contribution in [3.05, 3.63) is 33.5 Å². The standard InChI is InChI=1S/C11H13BrFNO/c1-7-8(2-3-9(13)11(7)12)10-6-14-4-5-15-10/h2-3,10,14H,4-6H2,1H3. The lowest BCUT2D eigenvalue weighted by Gasteiger charge is -2.25. The Hall–Kier alpha value is -0.450. The number of nitrogens with one attached hydrogen (secondary N) is 1. The first kappa shape index (κ1) is 11.0. The highest BCUT2D eigenvalue weighted by atomic mass is 79.9. The molecule has 0 spiro atoms. The molecule has 0 aromatic heterocycles. The molecule has 2 rings (SSSR count). The maximum atomic E-state index is 13.2. The number of ether oxygens (including phenoxy) is 1. The number of hydrogen-bond acceptors (Lipinski definition) is 2. The summed E-state index contributed by atoms with van der Waals surface area (Å²) >= 11 is 3.25. The second-order valence-electron chi connectivity index (χ2n) is 3.64. The quantitative estimate of drug-likeness (QED) is 0.849. The van der Waals surface area contributed by atoms with Crippen LogP contribution in [0.2, 0.25) is 0 Å². The van der Waals surface area contributed by atoms with Gasteiger partial charge in [0.1, 0.15) is 5.82 Å². The van der Waals surface area contributed by atoms with Crippen LogP contribution in [0.4, 0.5) is 4.39 Å². The van der Waals surface area contributed by atoms with Gasteiger partial charge in [-0.05, 0) is 40.0 Å². The number of halogens is 2. The SMILES string of the molecule is Cc1c(C2CNCCO2)ccc(F)c1Br. The fourth-order valence-electron chi connectivity index (χ4n) is 1.78. The summed E-state index contributed by atoms with van der Waals surface area (Å²) in [6.07, 6.45) is 0.0376. The zero-order chi connectivity index (χ0) is 10.8. The molecule has 1 fully saturated rings. The Labute approximate surface area is 96.9 Å². The van der Waals surface area contributed by atoms with Gasteiger partial charge in [-0.1, -0.05) is 6.07 Å². The number of benzene rings is 1. The highest BCUT2D eigenvalue weighted by Gasteiger charge is 2.19. The van der Waals surface area contributed by atoms with E-state index in [1.807, 2.05) is 6.92 Å². The molecular formula is C11H13BrFNO. The molecule has 1 atom stereocenters. The van der Waals surface area contributed by atoms with Gasteiger partial charge < -0.3 is 10.1 Å². The summed E-state index contributed by atoms with van der Waals surface area (Å²) in [6, 6.07) is 3.28. The molecule has 0 amide bonds. The molecule has 1 aromatic rings. The van der Waals surface area contributed by atoms with Gasteiger partial charge in [0.25, 0.3) is 0 Å². The molecule has 0 bridgehead atoms. The van der Waals surface area contributed by atoms with E-state index >= 15 is 0 Å². The monoisotopic (exact) mass is 273 g/mol. The molecule has 1 unspecified atom stereocenters. The van der Waals surface area contributed by atoms with Gasteiger partial charge in [0.15, 0.2) is 0 Å². The van der Waals surface area contributed by atoms with Gasteiger partial charge in [0, 0.05) is 13.1 Å². The third-order valence-electron chi connectivity index (χ3n) is 2.66. The van der Waals surface area contributed by atoms with E-state index in [2.05, 4.69) is 21.2 Å². The van der Waals surface area contributed by atoms with E-state index in [4.69, 9.17) is 4.74 Å². The number of rotatable bonds is 1. The summed E-state index contributed by atoms with van der Waals surface area (Å²) in [7, 11) is 0. The van der Waals surface area contributed by atoms with Crippen molar-refractivity contribution < 1.29 is 9.13 Å². The molecule has 1 N–H and O–H groups in total. The molecule has 1 aliphatic heterocycles. The van der Waals surface area contributed by atoms with Crippen molar-refractivity contribution in [3.63, 3.8) is 0 Å². The third kappa shape index (κ3) is 2.22. The van der Waals surface area contributed by atoms with Crippen LogP contribution in [0.15, 0.2) is 16.6 Å². The molecular weight excluding hydrogens is 261 g/mol. The Bertz CT molecular complexity index is 364. The Balaban J connectivity index is 2.31. The normalized spacial score (nSPS) is 21.7. The van der Waals surface area contributed by atoms with Crippen molar-refractivity contribution in [2.24, 2.45) is 0 Å². The predicted molar refractivity (Wildman–Crippen MR) is 60.4 cm³/mol. The van der Waals surface area contributed by atoms with E-state index < -0.39 is 0 Å². The smallest absolute Gasteiger partial charge is 0.137 e. The first-order chi connectivity index (χ1) is 7.20. The third-order valence-corrected chi connectivity index (χ3v) is 3.63. The lowest BCUT2D eigenvalue weighted by molar-refractivity contribution is 0.0272. The first-order valence-electron chi connectivity index (χ1n) is 4.97. The van der Waals surface area contributed by atoms with Crippen molar-refractivity contribution in [3.8, 4) is 0 Å². The maximum absolute atomic E-state index is 13.2. The summed E-state index contributed by atoms with van der Waals surface area (Å²) in [5.74, 6) is -0.222. The average Bonchev–Trinajstić information content (AvgIpc) is 2.27. The predicted octanol–water partition coefficient (Wildman–Crippen LogP) is 2.56. The van der Waals surface area contributed by atoms with Crippen LogP contribution in [0.5, 0.6) is 0 Å². The molecule has 0 aliphatic carbocycles. The van der Waals surface area contributed by atoms with Crippen LogP contribution < -0.4 is 5.32 Å². The topological polar surface area (TPSA) is 21.3 Å². The number of hydrogen-bond donors (Lipinski definition) is 1. The summed E-state index contributed by atoms with van der Waals surface area (Å²) in [4.78, 5) is 0. The molecule has 0 saturated carbocycles. The van der Waals surface area contributed by atoms with Gasteiger partial charge in [-0.2, -0.15) is 0 Å². The molecule has 1 aliphatic rings. The molecule has 2 nitrogen and oxygen atoms in total. The summed E-state index contributed by atoms with van der Waals surface area (Å²) in [5.41, 5.74) is 1.97. The molecule has 0 radical (unpaired) electrons. The Kier molecular flexibility index (Phi) is 3.38. The van der Waals surface area contributed by atoms with Gasteiger partial charge in [-0.25, -0.2) is 4.39 Å². The van der Waals surface area contributed by atoms with Gasteiger partial charge in [0.05, 0.1) is 17.2 Å². The van der Waals surface area contributed by atoms with Crippen LogP contribution in [-0.4, -0.2) is 19.7 Å². The van der Waals surface area contributed by atoms with E-state index in [-0.39, 0.29) is 11.9 Å². The van der Waals surface area contributed by atoms with Crippen LogP contribution >= 0.6 is 15.9 Å². The largest absolute Gasteiger partial charge is 0.371 e. The molecule has 4 heteroatoms. The molecule has 1 saturated heterocycles. The van der Waals surface area contributed by atoms with Crippen molar-refractivity contribution >= 4 is 15.9 Å². The fraction of sp³-hybridized carbons (Fsp3) is 0.455. The van der Waals surface area contributed by atoms with E-state index in [9.17, 15) is 4.39 Å². The zero-order valence-corrected chi connectivity index (χ0v) is 10.1. The van der Waals surface area contributed by atoms with Gasteiger partial charge in [-0.3, -0.25) is 0 Å². The zero-order valence-electron chi connectivity index (χ0n) is 8.52. The highest BCUT2D eigenvalue weighted by molar-refractivity contribution is 9.10. The van der Waals surface area contributed by atoms with Crippen LogP contribution in [0.1, 0.15) is 17.2 Å². The van der Waals surface area contributed by atoms with Gasteiger partial charge >= 0.3 is 0 Å². The van der Waals surface area contributed by atoms with E-state index in [1.165, 1.54) is 6.07 Å². The second-order valence-corrected chi connectivity index (χ2v) is 4.43. The molecule has 1 aromatic carbocycles. The Morgan fingerprint density at radius 3 is 3.00 bits per heavy atom. The summed E-state index contributed by atoms with van der Waals surface area (Å²) in [5, 5.41) is 3.26. The van der Waals surface area contributed by atoms with Crippen LogP contribution in [-0.2, 0) is 4.74 Å². The van der Waals surface area contributed by atoms with Gasteiger partial charge in [0.2, 0.25) is 0 Å². The lowest BCUT2D eigenvalue weighted by Crippen LogP contribution is -2.33. The first-order valence-corrected chi connectivity index (χ1v) is 5.76. The van der Waals surface area contributed by atoms with E-state index in [0.717, 1.165) is 24.2 Å². The molecule has 15 heavy (non-hydrogen) atoms. The average molecular weight is 274 g/mol. The second kappa shape index (κ2) is 4.60. The Morgan fingerprint density at radius 1 is 1.53 bits per heavy atom. The Morgan fingerprint density at radius 2 is 2.33 bits per heavy atom. The minimum atomic E-state index is -0.222. The number of morpholine rings is 1. The van der Waals surface area contributed by atoms with Crippen molar-refractivity contribution in [2.75, 3.05) is 19.7 Å². The summed E-state index contributed by atoms with van der Waals surface area (Å²) in [6.45, 7) is 4.29. The van der Waals surface area contributed by atoms with Crippen molar-refractivity contribution in [1.29, 1.82) is 0 Å². The minimum absolute atomic E-state index is 0.0376. The lowest BCUT2D eigenvalue weighted by atomic mass is 10.0. The van der Waals surface area contributed by atoms with E-state index in [0.29, 0.717) is 11.1 Å². The molecule has 82 valence electrons. The van der Waals surface area contributed by atoms with Crippen molar-refractivity contribution in [1.82, 2.24) is 5.32 Å².